The van der Waals surface area contributed by atoms with E-state index in [1.807, 2.05) is 30.3 Å². The predicted octanol–water partition coefficient (Wildman–Crippen LogP) is 3.15. The number of nitrogens with zero attached hydrogens (tertiary/aromatic N) is 1. The van der Waals surface area contributed by atoms with Gasteiger partial charge in [-0.3, -0.25) is 0 Å². The van der Waals surface area contributed by atoms with Gasteiger partial charge in [-0.1, -0.05) is 18.2 Å². The Labute approximate surface area is 112 Å². The highest BCUT2D eigenvalue weighted by molar-refractivity contribution is 5.84. The average Bonchev–Trinajstić information content (AvgIpc) is 3.26. The molecular weight excluding hydrogens is 236 g/mol. The van der Waals surface area contributed by atoms with E-state index < -0.39 is 0 Å². The minimum atomic E-state index is -0.333. The third-order valence-electron chi connectivity index (χ3n) is 4.04. The third kappa shape index (κ3) is 1.94. The molecule has 19 heavy (non-hydrogen) atoms. The lowest BCUT2D eigenvalue weighted by atomic mass is 9.91. The van der Waals surface area contributed by atoms with E-state index in [-0.39, 0.29) is 11.5 Å². The second-order valence-corrected chi connectivity index (χ2v) is 5.22. The summed E-state index contributed by atoms with van der Waals surface area (Å²) in [7, 11) is 1.66. The van der Waals surface area contributed by atoms with Gasteiger partial charge in [-0.15, -0.1) is 0 Å². The molecule has 0 radical (unpaired) electrons. The molecule has 2 aromatic carbocycles. The fraction of sp³-hybridized carbons (Fsp3) is 0.312. The topological polar surface area (TPSA) is 59.0 Å². The maximum Gasteiger partial charge on any atom is 0.119 e. The number of rotatable bonds is 3. The zero-order valence-corrected chi connectivity index (χ0v) is 10.9. The van der Waals surface area contributed by atoms with Crippen molar-refractivity contribution in [2.75, 3.05) is 7.11 Å². The molecule has 2 N–H and O–H groups in total. The fourth-order valence-corrected chi connectivity index (χ4v) is 2.51. The number of ether oxygens (including phenoxy) is 1. The average molecular weight is 252 g/mol. The van der Waals surface area contributed by atoms with E-state index >= 15 is 0 Å². The summed E-state index contributed by atoms with van der Waals surface area (Å²) in [4.78, 5) is 0. The Hall–Kier alpha value is -2.05. The molecule has 1 atom stereocenters. The quantitative estimate of drug-likeness (QED) is 0.912. The van der Waals surface area contributed by atoms with Crippen molar-refractivity contribution >= 4 is 10.8 Å². The Morgan fingerprint density at radius 2 is 1.89 bits per heavy atom. The van der Waals surface area contributed by atoms with E-state index in [1.54, 1.807) is 7.11 Å². The van der Waals surface area contributed by atoms with Crippen LogP contribution in [0, 0.1) is 16.7 Å². The molecule has 1 aliphatic carbocycles. The van der Waals surface area contributed by atoms with Gasteiger partial charge in [-0.25, -0.2) is 0 Å². The molecule has 2 aromatic rings. The molecule has 3 heteroatoms. The van der Waals surface area contributed by atoms with Crippen molar-refractivity contribution < 1.29 is 4.74 Å². The highest BCUT2D eigenvalue weighted by Crippen LogP contribution is 2.53. The minimum absolute atomic E-state index is 0.191. The van der Waals surface area contributed by atoms with Crippen molar-refractivity contribution in [3.8, 4) is 11.8 Å². The van der Waals surface area contributed by atoms with Crippen LogP contribution in [-0.4, -0.2) is 7.11 Å². The van der Waals surface area contributed by atoms with Gasteiger partial charge in [0.25, 0.3) is 0 Å². The minimum Gasteiger partial charge on any atom is -0.497 e. The molecule has 0 spiro atoms. The van der Waals surface area contributed by atoms with Gasteiger partial charge in [0.1, 0.15) is 5.75 Å². The summed E-state index contributed by atoms with van der Waals surface area (Å²) in [6.07, 6.45) is 1.82. The number of nitrogens with two attached hydrogens (primary N) is 1. The van der Waals surface area contributed by atoms with E-state index in [0.29, 0.717) is 0 Å². The van der Waals surface area contributed by atoms with Gasteiger partial charge < -0.3 is 10.5 Å². The lowest BCUT2D eigenvalue weighted by Crippen LogP contribution is -2.21. The Bertz CT molecular complexity index is 668. The van der Waals surface area contributed by atoms with Crippen LogP contribution < -0.4 is 10.5 Å². The number of benzene rings is 2. The van der Waals surface area contributed by atoms with E-state index in [2.05, 4.69) is 12.1 Å². The van der Waals surface area contributed by atoms with Crippen LogP contribution in [0.2, 0.25) is 0 Å². The summed E-state index contributed by atoms with van der Waals surface area (Å²) in [6, 6.07) is 14.3. The smallest absolute Gasteiger partial charge is 0.119 e. The molecule has 0 heterocycles. The summed E-state index contributed by atoms with van der Waals surface area (Å²) in [5.41, 5.74) is 6.95. The molecule has 0 amide bonds. The van der Waals surface area contributed by atoms with Crippen molar-refractivity contribution in [2.24, 2.45) is 11.1 Å². The maximum atomic E-state index is 9.22. The highest BCUT2D eigenvalue weighted by atomic mass is 16.5. The van der Waals surface area contributed by atoms with Gasteiger partial charge in [0, 0.05) is 6.04 Å². The normalized spacial score (nSPS) is 17.7. The number of methoxy groups -OCH3 is 1. The molecule has 1 fully saturated rings. The summed E-state index contributed by atoms with van der Waals surface area (Å²) in [5, 5.41) is 11.5. The summed E-state index contributed by atoms with van der Waals surface area (Å²) >= 11 is 0. The van der Waals surface area contributed by atoms with Crippen LogP contribution >= 0.6 is 0 Å². The van der Waals surface area contributed by atoms with Gasteiger partial charge in [-0.05, 0) is 47.4 Å². The van der Waals surface area contributed by atoms with E-state index in [9.17, 15) is 5.26 Å². The van der Waals surface area contributed by atoms with Crippen molar-refractivity contribution in [2.45, 2.75) is 18.9 Å². The molecule has 1 saturated carbocycles. The summed E-state index contributed by atoms with van der Waals surface area (Å²) in [5.74, 6) is 0.847. The van der Waals surface area contributed by atoms with Crippen LogP contribution in [-0.2, 0) is 0 Å². The van der Waals surface area contributed by atoms with E-state index in [0.717, 1.165) is 34.9 Å². The molecule has 3 nitrogen and oxygen atoms in total. The first kappa shape index (κ1) is 12.0. The first-order valence-electron chi connectivity index (χ1n) is 6.43. The van der Waals surface area contributed by atoms with Crippen LogP contribution in [0.3, 0.4) is 0 Å². The molecule has 1 unspecified atom stereocenters. The number of hydrogen-bond acceptors (Lipinski definition) is 3. The molecule has 0 saturated heterocycles. The summed E-state index contributed by atoms with van der Waals surface area (Å²) in [6.45, 7) is 0. The fourth-order valence-electron chi connectivity index (χ4n) is 2.51. The largest absolute Gasteiger partial charge is 0.497 e. The van der Waals surface area contributed by atoms with Gasteiger partial charge >= 0.3 is 0 Å². The zero-order chi connectivity index (χ0) is 13.5. The Balaban J connectivity index is 2.01. The first-order valence-corrected chi connectivity index (χ1v) is 6.43. The van der Waals surface area contributed by atoms with E-state index in [4.69, 9.17) is 10.5 Å². The van der Waals surface area contributed by atoms with Gasteiger partial charge in [-0.2, -0.15) is 5.26 Å². The monoisotopic (exact) mass is 252 g/mol. The highest BCUT2D eigenvalue weighted by Gasteiger charge is 2.49. The van der Waals surface area contributed by atoms with Crippen LogP contribution in [0.25, 0.3) is 10.8 Å². The lowest BCUT2D eigenvalue weighted by Gasteiger charge is -2.17. The molecule has 0 aromatic heterocycles. The molecule has 0 bridgehead atoms. The van der Waals surface area contributed by atoms with Crippen molar-refractivity contribution in [1.82, 2.24) is 0 Å². The van der Waals surface area contributed by atoms with Crippen molar-refractivity contribution in [1.29, 1.82) is 5.26 Å². The number of nitriles is 1. The summed E-state index contributed by atoms with van der Waals surface area (Å²) < 4.78 is 5.21. The SMILES string of the molecule is COc1ccc2cc(C(N)C3(C#N)CC3)ccc2c1. The molecule has 0 aliphatic heterocycles. The molecule has 1 aliphatic rings. The maximum absolute atomic E-state index is 9.22. The first-order chi connectivity index (χ1) is 9.18. The predicted molar refractivity (Wildman–Crippen MR) is 74.7 cm³/mol. The van der Waals surface area contributed by atoms with Crippen LogP contribution in [0.4, 0.5) is 0 Å². The zero-order valence-electron chi connectivity index (χ0n) is 10.9. The Kier molecular flexibility index (Phi) is 2.69. The molecular formula is C16H16N2O. The van der Waals surface area contributed by atoms with Crippen LogP contribution in [0.1, 0.15) is 24.4 Å². The van der Waals surface area contributed by atoms with E-state index in [1.165, 1.54) is 0 Å². The Morgan fingerprint density at radius 3 is 2.53 bits per heavy atom. The third-order valence-corrected chi connectivity index (χ3v) is 4.04. The van der Waals surface area contributed by atoms with Crippen molar-refractivity contribution in [3.63, 3.8) is 0 Å². The van der Waals surface area contributed by atoms with Gasteiger partial charge in [0.15, 0.2) is 0 Å². The van der Waals surface area contributed by atoms with Gasteiger partial charge in [0.2, 0.25) is 0 Å². The lowest BCUT2D eigenvalue weighted by molar-refractivity contribution is 0.415. The Morgan fingerprint density at radius 1 is 1.21 bits per heavy atom. The number of hydrogen-bond donors (Lipinski definition) is 1. The molecule has 96 valence electrons. The standard InChI is InChI=1S/C16H16N2O/c1-19-14-5-4-11-8-13(3-2-12(11)9-14)15(18)16(10-17)6-7-16/h2-5,8-9,15H,6-7,18H2,1H3. The second-order valence-electron chi connectivity index (χ2n) is 5.22. The second kappa shape index (κ2) is 4.25. The van der Waals surface area contributed by atoms with Crippen molar-refractivity contribution in [3.05, 3.63) is 42.0 Å². The number of fused-ring (bicyclic) bond motifs is 1. The van der Waals surface area contributed by atoms with Crippen LogP contribution in [0.15, 0.2) is 36.4 Å². The molecule has 3 rings (SSSR count). The van der Waals surface area contributed by atoms with Crippen LogP contribution in [0.5, 0.6) is 5.75 Å². The van der Waals surface area contributed by atoms with Gasteiger partial charge in [0.05, 0.1) is 18.6 Å².